The van der Waals surface area contributed by atoms with Crippen LogP contribution < -0.4 is 9.64 Å². The van der Waals surface area contributed by atoms with Crippen LogP contribution in [-0.2, 0) is 22.5 Å². The van der Waals surface area contributed by atoms with Gasteiger partial charge in [-0.15, -0.1) is 0 Å². The van der Waals surface area contributed by atoms with Crippen molar-refractivity contribution in [2.75, 3.05) is 37.8 Å². The predicted molar refractivity (Wildman–Crippen MR) is 147 cm³/mol. The van der Waals surface area contributed by atoms with Crippen molar-refractivity contribution in [3.8, 4) is 17.0 Å². The molecule has 3 aliphatic heterocycles. The second-order valence-corrected chi connectivity index (χ2v) is 10.8. The average Bonchev–Trinajstić information content (AvgIpc) is 3.75. The van der Waals surface area contributed by atoms with E-state index in [1.807, 2.05) is 36.1 Å². The highest BCUT2D eigenvalue weighted by atomic mass is 16.5. The smallest absolute Gasteiger partial charge is 0.227 e. The number of carbonyl (C=O) groups excluding carboxylic acids is 1. The summed E-state index contributed by atoms with van der Waals surface area (Å²) in [6.07, 6.45) is 4.26. The number of fused-ring (bicyclic) bond motifs is 2. The molecule has 9 nitrogen and oxygen atoms in total. The van der Waals surface area contributed by atoms with Crippen LogP contribution in [0.2, 0.25) is 0 Å². The summed E-state index contributed by atoms with van der Waals surface area (Å²) < 4.78 is 19.0. The number of ether oxygens (including phenoxy) is 2. The van der Waals surface area contributed by atoms with Gasteiger partial charge in [0.15, 0.2) is 5.58 Å². The lowest BCUT2D eigenvalue weighted by atomic mass is 10.1. The van der Waals surface area contributed by atoms with Gasteiger partial charge in [-0.1, -0.05) is 5.16 Å². The van der Waals surface area contributed by atoms with Gasteiger partial charge in [0.2, 0.25) is 5.91 Å². The van der Waals surface area contributed by atoms with Gasteiger partial charge in [-0.25, -0.2) is 4.98 Å². The molecule has 2 saturated heterocycles. The number of benzene rings is 2. The van der Waals surface area contributed by atoms with Crippen LogP contribution in [0.15, 0.2) is 47.1 Å². The molecule has 7 rings (SSSR count). The monoisotopic (exact) mass is 527 g/mol. The van der Waals surface area contributed by atoms with Crippen molar-refractivity contribution in [1.29, 1.82) is 0 Å². The summed E-state index contributed by atoms with van der Waals surface area (Å²) in [4.78, 5) is 22.9. The largest absolute Gasteiger partial charge is 0.493 e. The summed E-state index contributed by atoms with van der Waals surface area (Å²) in [6, 6.07) is 12.4. The van der Waals surface area contributed by atoms with Crippen molar-refractivity contribution < 1.29 is 18.8 Å². The van der Waals surface area contributed by atoms with Crippen molar-refractivity contribution in [3.63, 3.8) is 0 Å². The van der Waals surface area contributed by atoms with Crippen LogP contribution >= 0.6 is 0 Å². The van der Waals surface area contributed by atoms with Crippen LogP contribution in [0.1, 0.15) is 42.9 Å². The molecule has 0 unspecified atom stereocenters. The molecule has 39 heavy (non-hydrogen) atoms. The van der Waals surface area contributed by atoms with E-state index in [-0.39, 0.29) is 11.9 Å². The number of carbonyl (C=O) groups is 1. The normalized spacial score (nSPS) is 20.5. The van der Waals surface area contributed by atoms with Gasteiger partial charge in [0.05, 0.1) is 37.3 Å². The van der Waals surface area contributed by atoms with E-state index in [0.29, 0.717) is 19.1 Å². The Balaban J connectivity index is 1.28. The van der Waals surface area contributed by atoms with Gasteiger partial charge < -0.3 is 23.5 Å². The first-order valence-corrected chi connectivity index (χ1v) is 13.9. The number of morpholine rings is 1. The molecule has 2 fully saturated rings. The lowest BCUT2D eigenvalue weighted by molar-refractivity contribution is -0.117. The molecule has 1 amide bonds. The fourth-order valence-corrected chi connectivity index (χ4v) is 6.19. The second-order valence-electron chi connectivity index (χ2n) is 10.8. The van der Waals surface area contributed by atoms with Crippen molar-refractivity contribution in [3.05, 3.63) is 59.7 Å². The van der Waals surface area contributed by atoms with E-state index < -0.39 is 0 Å². The van der Waals surface area contributed by atoms with Crippen LogP contribution in [0.25, 0.3) is 22.2 Å². The predicted octanol–water partition coefficient (Wildman–Crippen LogP) is 4.52. The van der Waals surface area contributed by atoms with E-state index in [1.54, 1.807) is 0 Å². The van der Waals surface area contributed by atoms with Gasteiger partial charge in [0.1, 0.15) is 11.6 Å². The highest BCUT2D eigenvalue weighted by molar-refractivity contribution is 5.96. The zero-order valence-electron chi connectivity index (χ0n) is 22.4. The van der Waals surface area contributed by atoms with E-state index in [4.69, 9.17) is 19.0 Å². The zero-order chi connectivity index (χ0) is 26.5. The molecule has 0 bridgehead atoms. The van der Waals surface area contributed by atoms with Gasteiger partial charge in [-0.2, -0.15) is 0 Å². The Hall–Kier alpha value is -3.69. The third-order valence-corrected chi connectivity index (χ3v) is 8.34. The minimum Gasteiger partial charge on any atom is -0.493 e. The second kappa shape index (κ2) is 9.81. The molecule has 3 aliphatic rings. The number of imidazole rings is 1. The van der Waals surface area contributed by atoms with Crippen LogP contribution in [0.5, 0.6) is 5.75 Å². The molecule has 2 aromatic carbocycles. The molecule has 2 aromatic heterocycles. The first kappa shape index (κ1) is 24.4. The topological polar surface area (TPSA) is 85.9 Å². The number of aryl methyl sites for hydroxylation is 1. The van der Waals surface area contributed by atoms with Crippen LogP contribution in [0.4, 0.5) is 5.69 Å². The van der Waals surface area contributed by atoms with E-state index in [1.165, 1.54) is 0 Å². The average molecular weight is 528 g/mol. The molecule has 5 heterocycles. The summed E-state index contributed by atoms with van der Waals surface area (Å²) in [5.41, 5.74) is 5.62. The molecule has 0 aliphatic carbocycles. The van der Waals surface area contributed by atoms with Crippen LogP contribution in [0, 0.1) is 6.92 Å². The number of aromatic nitrogens is 3. The van der Waals surface area contributed by atoms with Crippen molar-refractivity contribution in [1.82, 2.24) is 19.6 Å². The highest BCUT2D eigenvalue weighted by Crippen LogP contribution is 2.40. The summed E-state index contributed by atoms with van der Waals surface area (Å²) in [5.74, 6) is 1.98. The van der Waals surface area contributed by atoms with Crippen molar-refractivity contribution >= 4 is 22.6 Å². The molecular formula is C30H33N5O4. The number of amides is 1. The number of anilines is 1. The van der Waals surface area contributed by atoms with E-state index in [2.05, 4.69) is 39.9 Å². The standard InChI is InChI=1S/C30H33N5O4/c1-19(33-10-13-37-14-11-33)17-34-18-25(21-3-6-28-24(16-21)20(2)32-39-28)31-30(34)26-5-8-29(36)35(26)23-4-7-27-22(15-23)9-12-38-27/h3-4,6-7,15-16,18-19,26H,5,8-14,17H2,1-2H3/t19-,26-/m0/s1. The third kappa shape index (κ3) is 4.39. The lowest BCUT2D eigenvalue weighted by Crippen LogP contribution is -2.44. The Bertz CT molecular complexity index is 1540. The maximum absolute atomic E-state index is 13.3. The molecule has 0 saturated carbocycles. The minimum atomic E-state index is -0.135. The summed E-state index contributed by atoms with van der Waals surface area (Å²) >= 11 is 0. The Morgan fingerprint density at radius 3 is 2.82 bits per heavy atom. The van der Waals surface area contributed by atoms with E-state index >= 15 is 0 Å². The quantitative estimate of drug-likeness (QED) is 0.364. The molecule has 0 N–H and O–H groups in total. The maximum Gasteiger partial charge on any atom is 0.227 e. The Morgan fingerprint density at radius 1 is 1.08 bits per heavy atom. The lowest BCUT2D eigenvalue weighted by Gasteiger charge is -2.33. The minimum absolute atomic E-state index is 0.135. The molecule has 0 spiro atoms. The Morgan fingerprint density at radius 2 is 1.95 bits per heavy atom. The van der Waals surface area contributed by atoms with Gasteiger partial charge in [-0.3, -0.25) is 9.69 Å². The fraction of sp³-hybridized carbons (Fsp3) is 0.433. The molecule has 4 aromatic rings. The molecular weight excluding hydrogens is 494 g/mol. The first-order chi connectivity index (χ1) is 19.0. The summed E-state index contributed by atoms with van der Waals surface area (Å²) in [7, 11) is 0. The number of rotatable bonds is 6. The summed E-state index contributed by atoms with van der Waals surface area (Å²) in [5, 5.41) is 5.10. The fourth-order valence-electron chi connectivity index (χ4n) is 6.19. The van der Waals surface area contributed by atoms with Crippen LogP contribution in [0.3, 0.4) is 0 Å². The SMILES string of the molecule is Cc1noc2ccc(-c3cn(C[C@H](C)N4CCOCC4)c([C@@H]4CCC(=O)N4c4ccc5c(c4)CCO5)n3)cc12. The number of hydrogen-bond acceptors (Lipinski definition) is 7. The maximum atomic E-state index is 13.3. The highest BCUT2D eigenvalue weighted by Gasteiger charge is 2.37. The van der Waals surface area contributed by atoms with Gasteiger partial charge >= 0.3 is 0 Å². The summed E-state index contributed by atoms with van der Waals surface area (Å²) in [6.45, 7) is 9.06. The van der Waals surface area contributed by atoms with Crippen molar-refractivity contribution in [2.45, 2.75) is 51.7 Å². The van der Waals surface area contributed by atoms with Gasteiger partial charge in [0.25, 0.3) is 0 Å². The van der Waals surface area contributed by atoms with Crippen LogP contribution in [-0.4, -0.2) is 64.5 Å². The van der Waals surface area contributed by atoms with E-state index in [9.17, 15) is 4.79 Å². The first-order valence-electron chi connectivity index (χ1n) is 13.9. The Kier molecular flexibility index (Phi) is 6.12. The molecule has 0 radical (unpaired) electrons. The van der Waals surface area contributed by atoms with Crippen molar-refractivity contribution in [2.24, 2.45) is 0 Å². The molecule has 9 heteroatoms. The van der Waals surface area contributed by atoms with E-state index in [0.717, 1.165) is 96.4 Å². The third-order valence-electron chi connectivity index (χ3n) is 8.34. The Labute approximate surface area is 227 Å². The van der Waals surface area contributed by atoms with Gasteiger partial charge in [-0.05, 0) is 62.2 Å². The number of hydrogen-bond donors (Lipinski definition) is 0. The molecule has 202 valence electrons. The van der Waals surface area contributed by atoms with Gasteiger partial charge in [0, 0.05) is 61.4 Å². The number of nitrogens with zero attached hydrogens (tertiary/aromatic N) is 5. The zero-order valence-corrected chi connectivity index (χ0v) is 22.4. The molecule has 2 atom stereocenters.